The van der Waals surface area contributed by atoms with E-state index < -0.39 is 6.10 Å². The van der Waals surface area contributed by atoms with Crippen LogP contribution in [0.4, 0.5) is 0 Å². The maximum absolute atomic E-state index is 9.71. The van der Waals surface area contributed by atoms with Crippen LogP contribution in [-0.2, 0) is 0 Å². The fourth-order valence-electron chi connectivity index (χ4n) is 1.16. The number of benzene rings is 1. The summed E-state index contributed by atoms with van der Waals surface area (Å²) < 4.78 is 4.95. The van der Waals surface area contributed by atoms with E-state index in [-0.39, 0.29) is 18.8 Å². The fourth-order valence-corrected chi connectivity index (χ4v) is 1.16. The first-order valence-electron chi connectivity index (χ1n) is 4.93. The Morgan fingerprint density at radius 2 is 2.31 bits per heavy atom. The Labute approximate surface area is 94.2 Å². The normalized spacial score (nSPS) is 12.9. The fraction of sp³-hybridized carbons (Fsp3) is 0.364. The maximum atomic E-state index is 9.71. The summed E-state index contributed by atoms with van der Waals surface area (Å²) in [4.78, 5) is 3.98. The molecule has 88 valence electrons. The standard InChI is InChI=1S/C11H16N2O3/c1-16-10-4-2-3-8(11(10)15)6-13-7-9(14)5-12/h2-4,6,9,14-15H,5,7,12H2,1H3. The topological polar surface area (TPSA) is 88.1 Å². The molecule has 0 spiro atoms. The largest absolute Gasteiger partial charge is 0.504 e. The van der Waals surface area contributed by atoms with E-state index in [0.717, 1.165) is 0 Å². The molecule has 5 heteroatoms. The van der Waals surface area contributed by atoms with Gasteiger partial charge in [0, 0.05) is 18.3 Å². The molecule has 4 N–H and O–H groups in total. The molecule has 1 rings (SSSR count). The molecule has 0 aliphatic heterocycles. The quantitative estimate of drug-likeness (QED) is 0.621. The average Bonchev–Trinajstić information content (AvgIpc) is 2.31. The third-order valence-electron chi connectivity index (χ3n) is 2.07. The predicted molar refractivity (Wildman–Crippen MR) is 62.2 cm³/mol. The molecule has 0 amide bonds. The minimum Gasteiger partial charge on any atom is -0.504 e. The van der Waals surface area contributed by atoms with Gasteiger partial charge in [0.1, 0.15) is 0 Å². The molecule has 0 aliphatic rings. The SMILES string of the molecule is COc1cccc(C=NCC(O)CN)c1O. The van der Waals surface area contributed by atoms with E-state index in [4.69, 9.17) is 10.5 Å². The van der Waals surface area contributed by atoms with Crippen molar-refractivity contribution in [2.75, 3.05) is 20.2 Å². The van der Waals surface area contributed by atoms with Crippen molar-refractivity contribution in [1.82, 2.24) is 0 Å². The lowest BCUT2D eigenvalue weighted by molar-refractivity contribution is 0.192. The summed E-state index contributed by atoms with van der Waals surface area (Å²) in [6.07, 6.45) is 0.834. The van der Waals surface area contributed by atoms with Gasteiger partial charge in [-0.2, -0.15) is 0 Å². The van der Waals surface area contributed by atoms with Crippen molar-refractivity contribution in [1.29, 1.82) is 0 Å². The Hall–Kier alpha value is -1.59. The van der Waals surface area contributed by atoms with Gasteiger partial charge in [0.25, 0.3) is 0 Å². The van der Waals surface area contributed by atoms with Gasteiger partial charge in [-0.3, -0.25) is 4.99 Å². The van der Waals surface area contributed by atoms with E-state index in [1.165, 1.54) is 13.3 Å². The van der Waals surface area contributed by atoms with Crippen LogP contribution >= 0.6 is 0 Å². The Morgan fingerprint density at radius 3 is 2.94 bits per heavy atom. The van der Waals surface area contributed by atoms with Crippen LogP contribution in [0.15, 0.2) is 23.2 Å². The predicted octanol–water partition coefficient (Wildman–Crippen LogP) is 0.139. The number of para-hydroxylation sites is 1. The molecule has 1 unspecified atom stereocenters. The van der Waals surface area contributed by atoms with Crippen LogP contribution in [0.5, 0.6) is 11.5 Å². The lowest BCUT2D eigenvalue weighted by Crippen LogP contribution is -2.22. The lowest BCUT2D eigenvalue weighted by Gasteiger charge is -2.05. The summed E-state index contributed by atoms with van der Waals surface area (Å²) in [5.41, 5.74) is 5.78. The number of phenolic OH excluding ortho intramolecular Hbond substituents is 1. The van der Waals surface area contributed by atoms with E-state index in [9.17, 15) is 10.2 Å². The van der Waals surface area contributed by atoms with Crippen LogP contribution in [0.2, 0.25) is 0 Å². The Bertz CT molecular complexity index is 366. The molecule has 0 heterocycles. The van der Waals surface area contributed by atoms with Gasteiger partial charge in [0.05, 0.1) is 19.8 Å². The molecule has 16 heavy (non-hydrogen) atoms. The van der Waals surface area contributed by atoms with E-state index in [1.807, 2.05) is 0 Å². The molecule has 0 aliphatic carbocycles. The van der Waals surface area contributed by atoms with E-state index in [1.54, 1.807) is 18.2 Å². The molecule has 5 nitrogen and oxygen atoms in total. The Balaban J connectivity index is 2.73. The number of phenols is 1. The molecule has 0 fully saturated rings. The van der Waals surface area contributed by atoms with Crippen LogP contribution < -0.4 is 10.5 Å². The second-order valence-electron chi connectivity index (χ2n) is 3.28. The monoisotopic (exact) mass is 224 g/mol. The Kier molecular flexibility index (Phi) is 4.75. The molecule has 0 aromatic heterocycles. The highest BCUT2D eigenvalue weighted by molar-refractivity contribution is 5.84. The molecule has 0 saturated heterocycles. The molecular formula is C11H16N2O3. The second kappa shape index (κ2) is 6.09. The third-order valence-corrected chi connectivity index (χ3v) is 2.07. The van der Waals surface area contributed by atoms with Crippen molar-refractivity contribution >= 4 is 6.21 Å². The summed E-state index contributed by atoms with van der Waals surface area (Å²) in [5.74, 6) is 0.430. The number of hydrogen-bond acceptors (Lipinski definition) is 5. The first kappa shape index (κ1) is 12.5. The first-order chi connectivity index (χ1) is 7.69. The van der Waals surface area contributed by atoms with Gasteiger partial charge in [0.15, 0.2) is 11.5 Å². The number of rotatable bonds is 5. The van der Waals surface area contributed by atoms with Crippen molar-refractivity contribution in [2.45, 2.75) is 6.10 Å². The van der Waals surface area contributed by atoms with Crippen molar-refractivity contribution in [3.05, 3.63) is 23.8 Å². The Morgan fingerprint density at radius 1 is 1.56 bits per heavy atom. The summed E-state index contributed by atoms with van der Waals surface area (Å²) in [5, 5.41) is 18.9. The zero-order chi connectivity index (χ0) is 12.0. The summed E-state index contributed by atoms with van der Waals surface area (Å²) in [7, 11) is 1.48. The van der Waals surface area contributed by atoms with Gasteiger partial charge in [-0.1, -0.05) is 6.07 Å². The number of aliphatic hydroxyl groups is 1. The van der Waals surface area contributed by atoms with Crippen LogP contribution in [0.1, 0.15) is 5.56 Å². The zero-order valence-corrected chi connectivity index (χ0v) is 9.13. The number of hydrogen-bond donors (Lipinski definition) is 3. The van der Waals surface area contributed by atoms with Crippen molar-refractivity contribution in [3.8, 4) is 11.5 Å². The molecule has 1 atom stereocenters. The zero-order valence-electron chi connectivity index (χ0n) is 9.13. The summed E-state index contributed by atoms with van der Waals surface area (Å²) in [6.45, 7) is 0.384. The van der Waals surface area contributed by atoms with Crippen LogP contribution in [0, 0.1) is 0 Å². The number of nitrogens with zero attached hydrogens (tertiary/aromatic N) is 1. The van der Waals surface area contributed by atoms with E-state index >= 15 is 0 Å². The number of ether oxygens (including phenoxy) is 1. The van der Waals surface area contributed by atoms with Crippen molar-refractivity contribution < 1.29 is 14.9 Å². The van der Waals surface area contributed by atoms with E-state index in [2.05, 4.69) is 4.99 Å². The number of aliphatic hydroxyl groups excluding tert-OH is 1. The summed E-state index contributed by atoms with van der Waals surface area (Å²) >= 11 is 0. The third kappa shape index (κ3) is 3.22. The summed E-state index contributed by atoms with van der Waals surface area (Å²) in [6, 6.07) is 5.11. The number of methoxy groups -OCH3 is 1. The highest BCUT2D eigenvalue weighted by Crippen LogP contribution is 2.27. The van der Waals surface area contributed by atoms with Crippen LogP contribution in [0.25, 0.3) is 0 Å². The highest BCUT2D eigenvalue weighted by atomic mass is 16.5. The molecule has 1 aromatic carbocycles. The van der Waals surface area contributed by atoms with Gasteiger partial charge in [0.2, 0.25) is 0 Å². The van der Waals surface area contributed by atoms with Gasteiger partial charge in [-0.05, 0) is 12.1 Å². The number of aromatic hydroxyl groups is 1. The van der Waals surface area contributed by atoms with Gasteiger partial charge >= 0.3 is 0 Å². The molecule has 0 saturated carbocycles. The van der Waals surface area contributed by atoms with Crippen LogP contribution in [-0.4, -0.2) is 42.7 Å². The van der Waals surface area contributed by atoms with Gasteiger partial charge in [-0.25, -0.2) is 0 Å². The van der Waals surface area contributed by atoms with E-state index in [0.29, 0.717) is 11.3 Å². The molecule has 0 radical (unpaired) electrons. The maximum Gasteiger partial charge on any atom is 0.166 e. The average molecular weight is 224 g/mol. The first-order valence-corrected chi connectivity index (χ1v) is 4.93. The molecular weight excluding hydrogens is 208 g/mol. The van der Waals surface area contributed by atoms with Crippen molar-refractivity contribution in [2.24, 2.45) is 10.7 Å². The minimum absolute atomic E-state index is 0.0380. The molecule has 0 bridgehead atoms. The van der Waals surface area contributed by atoms with Gasteiger partial charge in [-0.15, -0.1) is 0 Å². The smallest absolute Gasteiger partial charge is 0.166 e. The lowest BCUT2D eigenvalue weighted by atomic mass is 10.2. The minimum atomic E-state index is -0.649. The second-order valence-corrected chi connectivity index (χ2v) is 3.28. The van der Waals surface area contributed by atoms with Crippen LogP contribution in [0.3, 0.4) is 0 Å². The number of nitrogens with two attached hydrogens (primary N) is 1. The number of aliphatic imine (C=N–C) groups is 1. The van der Waals surface area contributed by atoms with Gasteiger partial charge < -0.3 is 20.7 Å². The molecule has 1 aromatic rings. The highest BCUT2D eigenvalue weighted by Gasteiger charge is 2.04. The van der Waals surface area contributed by atoms with Crippen molar-refractivity contribution in [3.63, 3.8) is 0 Å².